The van der Waals surface area contributed by atoms with Gasteiger partial charge in [-0.25, -0.2) is 0 Å². The number of fused-ring (bicyclic) bond motifs is 13. The molecule has 239 valence electrons. The normalized spacial score (nSPS) is 14.3. The Hall–Kier alpha value is -4.90. The predicted molar refractivity (Wildman–Crippen MR) is 208 cm³/mol. The molecule has 0 spiro atoms. The van der Waals surface area contributed by atoms with E-state index in [0.29, 0.717) is 0 Å². The van der Waals surface area contributed by atoms with E-state index >= 15 is 0 Å². The van der Waals surface area contributed by atoms with Gasteiger partial charge in [0.1, 0.15) is 0 Å². The van der Waals surface area contributed by atoms with Crippen LogP contribution in [0.3, 0.4) is 0 Å². The van der Waals surface area contributed by atoms with Crippen LogP contribution >= 0.6 is 0 Å². The van der Waals surface area contributed by atoms with Crippen LogP contribution in [0.4, 0.5) is 0 Å². The Morgan fingerprint density at radius 2 is 1.18 bits per heavy atom. The fraction of sp³-hybridized carbons (Fsp3) is 0.200. The van der Waals surface area contributed by atoms with Crippen LogP contribution in [0, 0.1) is 0 Å². The second kappa shape index (κ2) is 10.3. The van der Waals surface area contributed by atoms with Gasteiger partial charge >= 0.3 is 7.48 Å². The van der Waals surface area contributed by atoms with Crippen LogP contribution in [0.2, 0.25) is 0 Å². The van der Waals surface area contributed by atoms with Crippen LogP contribution in [0.5, 0.6) is 0 Å². The van der Waals surface area contributed by atoms with E-state index in [4.69, 9.17) is 4.65 Å². The van der Waals surface area contributed by atoms with Gasteiger partial charge in [0.25, 0.3) is 0 Å². The van der Waals surface area contributed by atoms with Crippen molar-refractivity contribution in [1.29, 1.82) is 0 Å². The molecule has 0 unspecified atom stereocenters. The average Bonchev–Trinajstić information content (AvgIpc) is 3.55. The van der Waals surface area contributed by atoms with Crippen molar-refractivity contribution in [3.8, 4) is 16.8 Å². The molecule has 0 fully saturated rings. The minimum absolute atomic E-state index is 0.249. The highest BCUT2D eigenvalue weighted by molar-refractivity contribution is 6.47. The fourth-order valence-electron chi connectivity index (χ4n) is 8.11. The van der Waals surface area contributed by atoms with Gasteiger partial charge in [-0.3, -0.25) is 0 Å². The SMILES string of the molecule is CC1(C)c2cc3c4ccccc4c4ccccc4c3cc2-c2ccc3c4ccccc4n(-c4cccc([B]OC(C)(C)C(C)(C)O)c4)c3c21. The van der Waals surface area contributed by atoms with Crippen LogP contribution in [0.25, 0.3) is 70.9 Å². The summed E-state index contributed by atoms with van der Waals surface area (Å²) in [7, 11) is 1.78. The van der Waals surface area contributed by atoms with Crippen LogP contribution in [-0.4, -0.2) is 28.4 Å². The number of hydrogen-bond donors (Lipinski definition) is 1. The Labute approximate surface area is 288 Å². The van der Waals surface area contributed by atoms with Gasteiger partial charge in [-0.2, -0.15) is 0 Å². The van der Waals surface area contributed by atoms with Gasteiger partial charge in [0.15, 0.2) is 0 Å². The molecule has 0 atom stereocenters. The van der Waals surface area contributed by atoms with E-state index in [0.717, 1.165) is 11.2 Å². The first-order chi connectivity index (χ1) is 23.5. The van der Waals surface area contributed by atoms with E-state index in [2.05, 4.69) is 140 Å². The second-order valence-corrected chi connectivity index (χ2v) is 15.3. The molecule has 3 nitrogen and oxygen atoms in total. The molecule has 9 rings (SSSR count). The molecule has 8 aromatic rings. The number of para-hydroxylation sites is 1. The first kappa shape index (κ1) is 30.2. The van der Waals surface area contributed by atoms with Crippen molar-refractivity contribution in [1.82, 2.24) is 4.57 Å². The molecule has 49 heavy (non-hydrogen) atoms. The molecule has 0 aliphatic heterocycles. The summed E-state index contributed by atoms with van der Waals surface area (Å²) >= 11 is 0. The van der Waals surface area contributed by atoms with Crippen LogP contribution in [0.15, 0.2) is 121 Å². The lowest BCUT2D eigenvalue weighted by atomic mass is 9.80. The van der Waals surface area contributed by atoms with Gasteiger partial charge in [-0.15, -0.1) is 0 Å². The molecular weight excluding hydrogens is 597 g/mol. The summed E-state index contributed by atoms with van der Waals surface area (Å²) in [5.41, 5.74) is 7.77. The summed E-state index contributed by atoms with van der Waals surface area (Å²) in [5, 5.41) is 21.0. The molecule has 1 aromatic heterocycles. The summed E-state index contributed by atoms with van der Waals surface area (Å²) in [6, 6.07) is 44.6. The highest BCUT2D eigenvalue weighted by Gasteiger charge is 2.39. The monoisotopic (exact) mass is 636 g/mol. The topological polar surface area (TPSA) is 34.4 Å². The molecule has 4 heteroatoms. The molecule has 0 bridgehead atoms. The molecule has 1 aliphatic rings. The summed E-state index contributed by atoms with van der Waals surface area (Å²) < 4.78 is 8.64. The first-order valence-electron chi connectivity index (χ1n) is 17.2. The van der Waals surface area contributed by atoms with Crippen molar-refractivity contribution in [3.63, 3.8) is 0 Å². The largest absolute Gasteiger partial charge is 0.427 e. The van der Waals surface area contributed by atoms with E-state index < -0.39 is 11.2 Å². The minimum atomic E-state index is -1.00. The molecule has 7 aromatic carbocycles. The van der Waals surface area contributed by atoms with Gasteiger partial charge in [-0.1, -0.05) is 110 Å². The number of nitrogens with zero attached hydrogens (tertiary/aromatic N) is 1. The third kappa shape index (κ3) is 4.30. The lowest BCUT2D eigenvalue weighted by molar-refractivity contribution is -0.0893. The number of benzene rings is 7. The van der Waals surface area contributed by atoms with Crippen LogP contribution in [-0.2, 0) is 10.1 Å². The first-order valence-corrected chi connectivity index (χ1v) is 17.2. The lowest BCUT2D eigenvalue weighted by Crippen LogP contribution is -2.49. The zero-order valence-corrected chi connectivity index (χ0v) is 28.9. The molecule has 0 saturated carbocycles. The van der Waals surface area contributed by atoms with Crippen molar-refractivity contribution >= 4 is 67.1 Å². The molecular formula is C45H39BNO2. The second-order valence-electron chi connectivity index (χ2n) is 15.3. The Bertz CT molecular complexity index is 2660. The number of rotatable bonds is 5. The van der Waals surface area contributed by atoms with E-state index in [1.54, 1.807) is 21.3 Å². The predicted octanol–water partition coefficient (Wildman–Crippen LogP) is 10.4. The maximum atomic E-state index is 10.7. The Morgan fingerprint density at radius 3 is 1.84 bits per heavy atom. The summed E-state index contributed by atoms with van der Waals surface area (Å²) in [6.07, 6.45) is 0. The molecule has 1 N–H and O–H groups in total. The van der Waals surface area contributed by atoms with Crippen molar-refractivity contribution in [2.24, 2.45) is 0 Å². The minimum Gasteiger partial charge on any atom is -0.427 e. The highest BCUT2D eigenvalue weighted by atomic mass is 16.5. The Balaban J connectivity index is 1.30. The fourth-order valence-corrected chi connectivity index (χ4v) is 8.11. The van der Waals surface area contributed by atoms with Gasteiger partial charge in [0.2, 0.25) is 0 Å². The van der Waals surface area contributed by atoms with E-state index in [1.807, 2.05) is 13.8 Å². The van der Waals surface area contributed by atoms with E-state index in [1.165, 1.54) is 76.4 Å². The third-order valence-electron chi connectivity index (χ3n) is 11.4. The van der Waals surface area contributed by atoms with Gasteiger partial charge in [0, 0.05) is 21.9 Å². The van der Waals surface area contributed by atoms with Crippen LogP contribution in [0.1, 0.15) is 52.7 Å². The maximum Gasteiger partial charge on any atom is 0.330 e. The number of hydrogen-bond acceptors (Lipinski definition) is 2. The van der Waals surface area contributed by atoms with Crippen LogP contribution < -0.4 is 5.46 Å². The highest BCUT2D eigenvalue weighted by Crippen LogP contribution is 2.54. The molecule has 1 radical (unpaired) electrons. The molecule has 1 heterocycles. The molecule has 1 aliphatic carbocycles. The smallest absolute Gasteiger partial charge is 0.330 e. The average molecular weight is 637 g/mol. The maximum absolute atomic E-state index is 10.7. The number of aliphatic hydroxyl groups is 1. The van der Waals surface area contributed by atoms with Gasteiger partial charge < -0.3 is 14.3 Å². The van der Waals surface area contributed by atoms with Crippen molar-refractivity contribution in [3.05, 3.63) is 132 Å². The van der Waals surface area contributed by atoms with Crippen molar-refractivity contribution in [2.75, 3.05) is 0 Å². The molecule has 0 saturated heterocycles. The quantitative estimate of drug-likeness (QED) is 0.151. The van der Waals surface area contributed by atoms with Gasteiger partial charge in [0.05, 0.1) is 22.2 Å². The van der Waals surface area contributed by atoms with Crippen molar-refractivity contribution in [2.45, 2.75) is 58.2 Å². The Morgan fingerprint density at radius 1 is 0.592 bits per heavy atom. The van der Waals surface area contributed by atoms with Crippen molar-refractivity contribution < 1.29 is 9.76 Å². The Kier molecular flexibility index (Phi) is 6.35. The summed E-state index contributed by atoms with van der Waals surface area (Å²) in [5.74, 6) is 0. The zero-order chi connectivity index (χ0) is 33.9. The van der Waals surface area contributed by atoms with Gasteiger partial charge in [-0.05, 0) is 113 Å². The standard InChI is InChI=1S/C45H39BNO2/c1-43(2)39-26-37-32-19-10-8-17-30(32)29-16-7-9-18-31(29)36(37)25-38(39)34-22-23-35-33-20-11-12-21-40(33)47(42(35)41(34)43)28-15-13-14-27(24-28)46-49-45(5,6)44(3,4)48/h7-26,48H,1-6H3. The lowest BCUT2D eigenvalue weighted by Gasteiger charge is -2.37. The third-order valence-corrected chi connectivity index (χ3v) is 11.4. The van der Waals surface area contributed by atoms with E-state index in [9.17, 15) is 5.11 Å². The molecule has 0 amide bonds. The van der Waals surface area contributed by atoms with E-state index in [-0.39, 0.29) is 5.41 Å². The summed E-state index contributed by atoms with van der Waals surface area (Å²) in [4.78, 5) is 0. The zero-order valence-electron chi connectivity index (χ0n) is 28.9. The summed E-state index contributed by atoms with van der Waals surface area (Å²) in [6.45, 7) is 12.2. The number of aromatic nitrogens is 1.